The van der Waals surface area contributed by atoms with Crippen molar-refractivity contribution in [3.8, 4) is 5.75 Å². The van der Waals surface area contributed by atoms with Crippen LogP contribution in [0.2, 0.25) is 0 Å². The lowest BCUT2D eigenvalue weighted by atomic mass is 10.2. The Morgan fingerprint density at radius 2 is 1.50 bits per heavy atom. The van der Waals surface area contributed by atoms with Gasteiger partial charge in [0.1, 0.15) is 5.75 Å². The van der Waals surface area contributed by atoms with Crippen LogP contribution in [0.4, 0.5) is 24.5 Å². The second-order valence-corrected chi connectivity index (χ2v) is 8.51. The fourth-order valence-electron chi connectivity index (χ4n) is 2.72. The van der Waals surface area contributed by atoms with Crippen LogP contribution in [0.1, 0.15) is 11.1 Å². The van der Waals surface area contributed by atoms with Gasteiger partial charge in [0.05, 0.1) is 10.5 Å². The highest BCUT2D eigenvalue weighted by Gasteiger charge is 2.34. The molecule has 1 amide bonds. The fourth-order valence-corrected chi connectivity index (χ4v) is 3.78. The SMILES string of the molecule is Cc1ccc(S(=O)(=O)Nc2ccc(NC(=O)COc3ccccc3C(F)(F)F)cc2)cc1. The zero-order valence-corrected chi connectivity index (χ0v) is 17.6. The lowest BCUT2D eigenvalue weighted by Crippen LogP contribution is -2.21. The summed E-state index contributed by atoms with van der Waals surface area (Å²) in [6, 6.07) is 16.7. The van der Waals surface area contributed by atoms with E-state index in [-0.39, 0.29) is 10.6 Å². The van der Waals surface area contributed by atoms with E-state index < -0.39 is 40.0 Å². The van der Waals surface area contributed by atoms with Crippen molar-refractivity contribution >= 4 is 27.3 Å². The molecule has 0 aliphatic carbocycles. The van der Waals surface area contributed by atoms with Crippen LogP contribution >= 0.6 is 0 Å². The third kappa shape index (κ3) is 6.01. The second-order valence-electron chi connectivity index (χ2n) is 6.83. The molecule has 0 radical (unpaired) electrons. The monoisotopic (exact) mass is 464 g/mol. The van der Waals surface area contributed by atoms with E-state index in [2.05, 4.69) is 10.0 Å². The number of halogens is 3. The summed E-state index contributed by atoms with van der Waals surface area (Å²) in [6.45, 7) is 1.21. The number of sulfonamides is 1. The van der Waals surface area contributed by atoms with Gasteiger partial charge in [-0.25, -0.2) is 8.42 Å². The van der Waals surface area contributed by atoms with Crippen LogP contribution in [-0.4, -0.2) is 20.9 Å². The van der Waals surface area contributed by atoms with Gasteiger partial charge in [-0.3, -0.25) is 9.52 Å². The topological polar surface area (TPSA) is 84.5 Å². The molecule has 0 heterocycles. The van der Waals surface area contributed by atoms with Crippen LogP contribution < -0.4 is 14.8 Å². The molecule has 10 heteroatoms. The lowest BCUT2D eigenvalue weighted by Gasteiger charge is -2.14. The number of ether oxygens (including phenoxy) is 1. The molecule has 6 nitrogen and oxygen atoms in total. The maximum atomic E-state index is 13.0. The summed E-state index contributed by atoms with van der Waals surface area (Å²) in [6.07, 6.45) is -4.60. The van der Waals surface area contributed by atoms with E-state index in [1.807, 2.05) is 6.92 Å². The van der Waals surface area contributed by atoms with Crippen molar-refractivity contribution in [3.63, 3.8) is 0 Å². The van der Waals surface area contributed by atoms with Crippen LogP contribution in [0.3, 0.4) is 0 Å². The quantitative estimate of drug-likeness (QED) is 0.525. The van der Waals surface area contributed by atoms with Crippen LogP contribution in [0.5, 0.6) is 5.75 Å². The molecule has 0 unspecified atom stereocenters. The Balaban J connectivity index is 1.59. The molecular formula is C22H19F3N2O4S. The number of carbonyl (C=O) groups is 1. The number of benzene rings is 3. The van der Waals surface area contributed by atoms with Gasteiger partial charge in [-0.1, -0.05) is 29.8 Å². The predicted molar refractivity (Wildman–Crippen MR) is 114 cm³/mol. The minimum absolute atomic E-state index is 0.108. The van der Waals surface area contributed by atoms with Gasteiger partial charge in [0.25, 0.3) is 15.9 Å². The molecule has 3 aromatic carbocycles. The Kier molecular flexibility index (Phi) is 6.73. The molecule has 0 aliphatic rings. The van der Waals surface area contributed by atoms with Gasteiger partial charge in [-0.2, -0.15) is 13.2 Å². The highest BCUT2D eigenvalue weighted by Crippen LogP contribution is 2.35. The molecule has 0 bridgehead atoms. The van der Waals surface area contributed by atoms with Gasteiger partial charge < -0.3 is 10.1 Å². The predicted octanol–water partition coefficient (Wildman–Crippen LogP) is 4.83. The van der Waals surface area contributed by atoms with E-state index in [1.54, 1.807) is 12.1 Å². The van der Waals surface area contributed by atoms with Gasteiger partial charge in [0.2, 0.25) is 0 Å². The fraction of sp³-hybridized carbons (Fsp3) is 0.136. The zero-order valence-electron chi connectivity index (χ0n) is 16.8. The van der Waals surface area contributed by atoms with Crippen LogP contribution in [0.15, 0.2) is 77.7 Å². The Labute approximate surface area is 183 Å². The van der Waals surface area contributed by atoms with Crippen molar-refractivity contribution in [3.05, 3.63) is 83.9 Å². The van der Waals surface area contributed by atoms with Crippen molar-refractivity contribution < 1.29 is 31.1 Å². The molecule has 0 saturated carbocycles. The molecule has 0 aromatic heterocycles. The van der Waals surface area contributed by atoms with Crippen molar-refractivity contribution in [1.82, 2.24) is 0 Å². The molecule has 2 N–H and O–H groups in total. The first-order chi connectivity index (χ1) is 15.0. The molecule has 3 rings (SSSR count). The third-order valence-electron chi connectivity index (χ3n) is 4.30. The standard InChI is InChI=1S/C22H19F3N2O4S/c1-15-6-12-18(13-7-15)32(29,30)27-17-10-8-16(9-11-17)26-21(28)14-31-20-5-3-2-4-19(20)22(23,24)25/h2-13,27H,14H2,1H3,(H,26,28). The first kappa shape index (κ1) is 23.1. The Bertz CT molecular complexity index is 1190. The number of alkyl halides is 3. The molecule has 32 heavy (non-hydrogen) atoms. The van der Waals surface area contributed by atoms with Gasteiger partial charge in [-0.15, -0.1) is 0 Å². The first-order valence-corrected chi connectivity index (χ1v) is 10.8. The number of rotatable bonds is 7. The molecule has 0 aliphatic heterocycles. The van der Waals surface area contributed by atoms with Gasteiger partial charge in [0, 0.05) is 11.4 Å². The summed E-state index contributed by atoms with van der Waals surface area (Å²) < 4.78 is 71.2. The van der Waals surface area contributed by atoms with Crippen LogP contribution in [-0.2, 0) is 21.0 Å². The van der Waals surface area contributed by atoms with Crippen molar-refractivity contribution in [2.45, 2.75) is 18.0 Å². The van der Waals surface area contributed by atoms with E-state index in [4.69, 9.17) is 4.74 Å². The van der Waals surface area contributed by atoms with Crippen LogP contribution in [0.25, 0.3) is 0 Å². The molecule has 3 aromatic rings. The molecular weight excluding hydrogens is 445 g/mol. The molecule has 0 spiro atoms. The summed E-state index contributed by atoms with van der Waals surface area (Å²) >= 11 is 0. The highest BCUT2D eigenvalue weighted by atomic mass is 32.2. The molecule has 0 fully saturated rings. The van der Waals surface area contributed by atoms with E-state index >= 15 is 0 Å². The largest absolute Gasteiger partial charge is 0.483 e. The minimum Gasteiger partial charge on any atom is -0.483 e. The van der Waals surface area contributed by atoms with Crippen molar-refractivity contribution in [1.29, 1.82) is 0 Å². The zero-order chi connectivity index (χ0) is 23.4. The number of aryl methyl sites for hydroxylation is 1. The third-order valence-corrected chi connectivity index (χ3v) is 5.70. The van der Waals surface area contributed by atoms with E-state index in [1.165, 1.54) is 48.5 Å². The normalized spacial score (nSPS) is 11.6. The van der Waals surface area contributed by atoms with Crippen molar-refractivity contribution in [2.24, 2.45) is 0 Å². The summed E-state index contributed by atoms with van der Waals surface area (Å²) in [4.78, 5) is 12.2. The molecule has 0 saturated heterocycles. The van der Waals surface area contributed by atoms with Gasteiger partial charge >= 0.3 is 6.18 Å². The molecule has 168 valence electrons. The Morgan fingerprint density at radius 3 is 2.12 bits per heavy atom. The number of hydrogen-bond acceptors (Lipinski definition) is 4. The number of anilines is 2. The minimum atomic E-state index is -4.60. The maximum Gasteiger partial charge on any atom is 0.419 e. The summed E-state index contributed by atoms with van der Waals surface area (Å²) in [7, 11) is -3.77. The summed E-state index contributed by atoms with van der Waals surface area (Å²) in [5.41, 5.74) is 0.549. The van der Waals surface area contributed by atoms with E-state index in [0.29, 0.717) is 5.69 Å². The van der Waals surface area contributed by atoms with Gasteiger partial charge in [0.15, 0.2) is 6.61 Å². The number of carbonyl (C=O) groups excluding carboxylic acids is 1. The lowest BCUT2D eigenvalue weighted by molar-refractivity contribution is -0.139. The average Bonchev–Trinajstić information content (AvgIpc) is 2.73. The number of nitrogens with one attached hydrogen (secondary N) is 2. The second kappa shape index (κ2) is 9.31. The van der Waals surface area contributed by atoms with Crippen molar-refractivity contribution in [2.75, 3.05) is 16.6 Å². The average molecular weight is 464 g/mol. The highest BCUT2D eigenvalue weighted by molar-refractivity contribution is 7.92. The Hall–Kier alpha value is -3.53. The van der Waals surface area contributed by atoms with Gasteiger partial charge in [-0.05, 0) is 55.5 Å². The smallest absolute Gasteiger partial charge is 0.419 e. The van der Waals surface area contributed by atoms with E-state index in [0.717, 1.165) is 17.7 Å². The van der Waals surface area contributed by atoms with Crippen LogP contribution in [0, 0.1) is 6.92 Å². The first-order valence-electron chi connectivity index (χ1n) is 9.33. The van der Waals surface area contributed by atoms with E-state index in [9.17, 15) is 26.4 Å². The molecule has 0 atom stereocenters. The number of amides is 1. The maximum absolute atomic E-state index is 13.0. The summed E-state index contributed by atoms with van der Waals surface area (Å²) in [5, 5.41) is 2.48. The summed E-state index contributed by atoms with van der Waals surface area (Å²) in [5.74, 6) is -1.12. The number of hydrogen-bond donors (Lipinski definition) is 2. The number of para-hydroxylation sites is 1. The Morgan fingerprint density at radius 1 is 0.906 bits per heavy atom.